The summed E-state index contributed by atoms with van der Waals surface area (Å²) >= 11 is 3.36. The number of anilines is 1. The lowest BCUT2D eigenvalue weighted by Crippen LogP contribution is -2.06. The summed E-state index contributed by atoms with van der Waals surface area (Å²) < 4.78 is 2.69. The Balaban J connectivity index is 3.11. The van der Waals surface area contributed by atoms with Gasteiger partial charge in [0.25, 0.3) is 0 Å². The van der Waals surface area contributed by atoms with Gasteiger partial charge in [-0.3, -0.25) is 0 Å². The second-order valence-electron chi connectivity index (χ2n) is 3.39. The fraction of sp³-hybridized carbons (Fsp3) is 0.444. The van der Waals surface area contributed by atoms with E-state index in [1.807, 2.05) is 4.57 Å². The average Bonchev–Trinajstić information content (AvgIpc) is 2.31. The number of hydrogen-bond donors (Lipinski definition) is 1. The van der Waals surface area contributed by atoms with E-state index in [-0.39, 0.29) is 0 Å². The van der Waals surface area contributed by atoms with Gasteiger partial charge in [0.1, 0.15) is 16.4 Å². The van der Waals surface area contributed by atoms with E-state index in [1.54, 1.807) is 6.07 Å². The van der Waals surface area contributed by atoms with Crippen molar-refractivity contribution < 1.29 is 0 Å². The van der Waals surface area contributed by atoms with Crippen LogP contribution in [0.1, 0.15) is 19.5 Å². The molecule has 3 nitrogen and oxygen atoms in total. The third-order valence-corrected chi connectivity index (χ3v) is 2.61. The van der Waals surface area contributed by atoms with Crippen LogP contribution in [-0.2, 0) is 6.54 Å². The molecule has 1 aromatic rings. The van der Waals surface area contributed by atoms with E-state index < -0.39 is 0 Å². The number of aromatic nitrogens is 1. The molecule has 0 aliphatic carbocycles. The molecular formula is C9H12BrN3. The van der Waals surface area contributed by atoms with Crippen molar-refractivity contribution in [1.82, 2.24) is 4.57 Å². The molecule has 0 saturated carbocycles. The number of nitriles is 1. The number of nitrogens with two attached hydrogens (primary N) is 1. The van der Waals surface area contributed by atoms with E-state index in [0.717, 1.165) is 11.1 Å². The predicted octanol–water partition coefficient (Wildman–Crippen LogP) is 2.36. The molecule has 4 heteroatoms. The maximum atomic E-state index is 8.82. The largest absolute Gasteiger partial charge is 0.397 e. The summed E-state index contributed by atoms with van der Waals surface area (Å²) in [5.41, 5.74) is 6.91. The van der Waals surface area contributed by atoms with Crippen molar-refractivity contribution in [1.29, 1.82) is 5.26 Å². The van der Waals surface area contributed by atoms with Crippen LogP contribution in [0.2, 0.25) is 0 Å². The van der Waals surface area contributed by atoms with Gasteiger partial charge in [0, 0.05) is 6.54 Å². The second kappa shape index (κ2) is 3.84. The molecule has 0 aromatic carbocycles. The smallest absolute Gasteiger partial charge is 0.123 e. The number of hydrogen-bond acceptors (Lipinski definition) is 2. The van der Waals surface area contributed by atoms with Crippen molar-refractivity contribution in [3.8, 4) is 6.07 Å². The van der Waals surface area contributed by atoms with Gasteiger partial charge < -0.3 is 10.3 Å². The van der Waals surface area contributed by atoms with Crippen LogP contribution in [0.4, 0.5) is 5.69 Å². The van der Waals surface area contributed by atoms with Crippen LogP contribution < -0.4 is 5.73 Å². The highest BCUT2D eigenvalue weighted by Gasteiger charge is 2.11. The number of nitrogen functional groups attached to an aromatic ring is 1. The van der Waals surface area contributed by atoms with Crippen molar-refractivity contribution in [2.24, 2.45) is 5.92 Å². The summed E-state index contributed by atoms with van der Waals surface area (Å²) in [6.07, 6.45) is 0. The Bertz CT molecular complexity index is 346. The standard InChI is InChI=1S/C9H12BrN3/c1-6(2)5-13-7(4-11)3-8(12)9(13)10/h3,6H,5,12H2,1-2H3. The highest BCUT2D eigenvalue weighted by atomic mass is 79.9. The topological polar surface area (TPSA) is 54.7 Å². The molecule has 0 unspecified atom stereocenters. The number of rotatable bonds is 2. The molecule has 0 saturated heterocycles. The monoisotopic (exact) mass is 241 g/mol. The van der Waals surface area contributed by atoms with Crippen LogP contribution >= 0.6 is 15.9 Å². The Morgan fingerprint density at radius 2 is 2.31 bits per heavy atom. The summed E-state index contributed by atoms with van der Waals surface area (Å²) in [6, 6.07) is 3.80. The predicted molar refractivity (Wildman–Crippen MR) is 56.1 cm³/mol. The molecule has 0 aliphatic rings. The zero-order chi connectivity index (χ0) is 10.0. The molecule has 70 valence electrons. The van der Waals surface area contributed by atoms with E-state index in [4.69, 9.17) is 11.0 Å². The van der Waals surface area contributed by atoms with Crippen LogP contribution in [0.3, 0.4) is 0 Å². The van der Waals surface area contributed by atoms with Gasteiger partial charge in [0.15, 0.2) is 0 Å². The van der Waals surface area contributed by atoms with Gasteiger partial charge >= 0.3 is 0 Å². The molecule has 0 amide bonds. The highest BCUT2D eigenvalue weighted by molar-refractivity contribution is 9.10. The van der Waals surface area contributed by atoms with Crippen LogP contribution in [0.5, 0.6) is 0 Å². The van der Waals surface area contributed by atoms with Crippen molar-refractivity contribution in [3.63, 3.8) is 0 Å². The summed E-state index contributed by atoms with van der Waals surface area (Å²) in [6.45, 7) is 5.01. The fourth-order valence-electron chi connectivity index (χ4n) is 1.18. The van der Waals surface area contributed by atoms with Gasteiger partial charge in [0.2, 0.25) is 0 Å². The van der Waals surface area contributed by atoms with Crippen molar-refractivity contribution in [3.05, 3.63) is 16.4 Å². The second-order valence-corrected chi connectivity index (χ2v) is 4.14. The zero-order valence-corrected chi connectivity index (χ0v) is 9.30. The highest BCUT2D eigenvalue weighted by Crippen LogP contribution is 2.24. The van der Waals surface area contributed by atoms with E-state index in [1.165, 1.54) is 0 Å². The summed E-state index contributed by atoms with van der Waals surface area (Å²) in [5.74, 6) is 0.496. The number of nitrogens with zero attached hydrogens (tertiary/aromatic N) is 2. The van der Waals surface area contributed by atoms with Gasteiger partial charge in [-0.25, -0.2) is 0 Å². The SMILES string of the molecule is CC(C)Cn1c(C#N)cc(N)c1Br. The molecule has 1 aromatic heterocycles. The molecule has 0 aliphatic heterocycles. The Kier molecular flexibility index (Phi) is 2.99. The lowest BCUT2D eigenvalue weighted by Gasteiger charge is -2.09. The first-order valence-electron chi connectivity index (χ1n) is 4.11. The average molecular weight is 242 g/mol. The molecule has 0 fully saturated rings. The van der Waals surface area contributed by atoms with E-state index in [2.05, 4.69) is 35.8 Å². The van der Waals surface area contributed by atoms with Gasteiger partial charge in [-0.05, 0) is 27.9 Å². The van der Waals surface area contributed by atoms with Gasteiger partial charge in [-0.2, -0.15) is 5.26 Å². The van der Waals surface area contributed by atoms with Crippen LogP contribution in [0.25, 0.3) is 0 Å². The Hall–Kier alpha value is -0.950. The lowest BCUT2D eigenvalue weighted by atomic mass is 10.2. The minimum Gasteiger partial charge on any atom is -0.397 e. The van der Waals surface area contributed by atoms with E-state index in [9.17, 15) is 0 Å². The van der Waals surface area contributed by atoms with Crippen molar-refractivity contribution >= 4 is 21.6 Å². The first kappa shape index (κ1) is 10.1. The molecule has 0 radical (unpaired) electrons. The molecule has 2 N–H and O–H groups in total. The third kappa shape index (κ3) is 2.04. The van der Waals surface area contributed by atoms with Gasteiger partial charge in [-0.15, -0.1) is 0 Å². The molecule has 1 rings (SSSR count). The first-order chi connectivity index (χ1) is 6.06. The normalized spacial score (nSPS) is 10.4. The summed E-state index contributed by atoms with van der Waals surface area (Å²) in [7, 11) is 0. The first-order valence-corrected chi connectivity index (χ1v) is 4.90. The van der Waals surface area contributed by atoms with E-state index >= 15 is 0 Å². The third-order valence-electron chi connectivity index (χ3n) is 1.72. The Morgan fingerprint density at radius 1 is 1.69 bits per heavy atom. The van der Waals surface area contributed by atoms with Crippen molar-refractivity contribution in [2.75, 3.05) is 5.73 Å². The maximum absolute atomic E-state index is 8.82. The molecule has 0 bridgehead atoms. The number of halogens is 1. The van der Waals surface area contributed by atoms with Gasteiger partial charge in [-0.1, -0.05) is 13.8 Å². The van der Waals surface area contributed by atoms with E-state index in [0.29, 0.717) is 17.3 Å². The Labute approximate surface area is 86.3 Å². The quantitative estimate of drug-likeness (QED) is 0.865. The maximum Gasteiger partial charge on any atom is 0.123 e. The summed E-state index contributed by atoms with van der Waals surface area (Å²) in [4.78, 5) is 0. The molecule has 0 spiro atoms. The van der Waals surface area contributed by atoms with Crippen LogP contribution in [0.15, 0.2) is 10.7 Å². The van der Waals surface area contributed by atoms with Crippen molar-refractivity contribution in [2.45, 2.75) is 20.4 Å². The molecule has 1 heterocycles. The Morgan fingerprint density at radius 3 is 2.77 bits per heavy atom. The minimum atomic E-state index is 0.496. The summed E-state index contributed by atoms with van der Waals surface area (Å²) in [5, 5.41) is 8.82. The fourth-order valence-corrected chi connectivity index (χ4v) is 1.63. The van der Waals surface area contributed by atoms with Gasteiger partial charge in [0.05, 0.1) is 5.69 Å². The molecular weight excluding hydrogens is 230 g/mol. The minimum absolute atomic E-state index is 0.496. The zero-order valence-electron chi connectivity index (χ0n) is 7.71. The molecule has 13 heavy (non-hydrogen) atoms. The lowest BCUT2D eigenvalue weighted by molar-refractivity contribution is 0.516. The molecule has 0 atom stereocenters. The van der Waals surface area contributed by atoms with Crippen LogP contribution in [-0.4, -0.2) is 4.57 Å². The van der Waals surface area contributed by atoms with Crippen LogP contribution in [0, 0.1) is 17.2 Å².